The quantitative estimate of drug-likeness (QED) is 0.165. The van der Waals surface area contributed by atoms with Crippen LogP contribution in [0.3, 0.4) is 0 Å². The van der Waals surface area contributed by atoms with Gasteiger partial charge in [-0.15, -0.1) is 0 Å². The third-order valence-corrected chi connectivity index (χ3v) is 10.9. The Hall–Kier alpha value is -5.81. The van der Waals surface area contributed by atoms with Crippen molar-refractivity contribution in [3.63, 3.8) is 0 Å². The second-order valence-electron chi connectivity index (χ2n) is 17.1. The molecule has 0 fully saturated rings. The van der Waals surface area contributed by atoms with Crippen molar-refractivity contribution in [3.8, 4) is 17.3 Å². The van der Waals surface area contributed by atoms with Crippen LogP contribution < -0.4 is 14.5 Å². The molecule has 8 rings (SSSR count). The molecule has 0 atom stereocenters. The van der Waals surface area contributed by atoms with Crippen LogP contribution in [0.2, 0.25) is 0 Å². The molecule has 0 amide bonds. The molecule has 0 radical (unpaired) electrons. The van der Waals surface area contributed by atoms with Crippen molar-refractivity contribution in [2.75, 3.05) is 16.5 Å². The molecular formula is C49H50N4O. The molecule has 1 aliphatic heterocycles. The lowest BCUT2D eigenvalue weighted by Gasteiger charge is -2.28. The Balaban J connectivity index is 1.10. The first-order valence-electron chi connectivity index (χ1n) is 19.0. The summed E-state index contributed by atoms with van der Waals surface area (Å²) in [6.07, 6.45) is 6.23. The molecule has 0 spiro atoms. The second-order valence-corrected chi connectivity index (χ2v) is 17.1. The molecule has 0 aliphatic carbocycles. The van der Waals surface area contributed by atoms with Gasteiger partial charge in [0.25, 0.3) is 0 Å². The standard InChI is InChI=1S/C49H50N4O/c1-47(2,3)35-25-26-50-45(30-35)53-43-22-14-21-42(48(4,5)6)46(43)41-24-23-40(32-44(41)53)54-39-20-13-19-38(31-39)52-28-27-51(33-52)37-18-12-17-36(29-37)49(7,8)34-15-10-9-11-16-34/h9-32H,33H2,1-8H3. The highest BCUT2D eigenvalue weighted by Gasteiger charge is 2.26. The molecule has 0 N–H and O–H groups in total. The summed E-state index contributed by atoms with van der Waals surface area (Å²) in [5.41, 5.74) is 9.48. The molecule has 0 saturated carbocycles. The number of anilines is 2. The molecule has 54 heavy (non-hydrogen) atoms. The minimum absolute atomic E-state index is 0.00279. The van der Waals surface area contributed by atoms with E-state index in [2.05, 4.69) is 203 Å². The zero-order valence-electron chi connectivity index (χ0n) is 32.8. The number of benzene rings is 5. The number of hydrogen-bond acceptors (Lipinski definition) is 4. The Labute approximate surface area is 320 Å². The normalized spacial score (nSPS) is 13.7. The SMILES string of the molecule is CC(C)(C)c1ccnc(-n2c3cc(Oc4cccc(N5C=CN(c6cccc(C(C)(C)c7ccccc7)c6)C5)c4)ccc3c3c(C(C)(C)C)cccc32)c1. The van der Waals surface area contributed by atoms with Crippen LogP contribution >= 0.6 is 0 Å². The average molecular weight is 711 g/mol. The van der Waals surface area contributed by atoms with E-state index in [9.17, 15) is 0 Å². The molecule has 2 aromatic heterocycles. The summed E-state index contributed by atoms with van der Waals surface area (Å²) in [5.74, 6) is 2.48. The highest BCUT2D eigenvalue weighted by molar-refractivity contribution is 6.11. The van der Waals surface area contributed by atoms with E-state index in [4.69, 9.17) is 9.72 Å². The second kappa shape index (κ2) is 13.2. The van der Waals surface area contributed by atoms with Crippen molar-refractivity contribution in [1.82, 2.24) is 9.55 Å². The maximum atomic E-state index is 6.66. The number of hydrogen-bond donors (Lipinski definition) is 0. The largest absolute Gasteiger partial charge is 0.457 e. The Morgan fingerprint density at radius 3 is 1.93 bits per heavy atom. The number of rotatable bonds is 7. The molecule has 1 aliphatic rings. The third kappa shape index (κ3) is 6.53. The van der Waals surface area contributed by atoms with Crippen LogP contribution in [0, 0.1) is 0 Å². The molecule has 3 heterocycles. The smallest absolute Gasteiger partial charge is 0.137 e. The van der Waals surface area contributed by atoms with Crippen molar-refractivity contribution in [3.05, 3.63) is 168 Å². The molecule has 272 valence electrons. The molecule has 5 heteroatoms. The molecule has 5 nitrogen and oxygen atoms in total. The van der Waals surface area contributed by atoms with Gasteiger partial charge in [0.1, 0.15) is 17.3 Å². The lowest BCUT2D eigenvalue weighted by atomic mass is 9.78. The third-order valence-electron chi connectivity index (χ3n) is 10.9. The highest BCUT2D eigenvalue weighted by Crippen LogP contribution is 2.41. The van der Waals surface area contributed by atoms with Gasteiger partial charge in [-0.05, 0) is 87.7 Å². The number of pyridine rings is 1. The highest BCUT2D eigenvalue weighted by atomic mass is 16.5. The fourth-order valence-electron chi connectivity index (χ4n) is 7.70. The first-order valence-corrected chi connectivity index (χ1v) is 19.0. The minimum atomic E-state index is -0.106. The van der Waals surface area contributed by atoms with E-state index < -0.39 is 0 Å². The summed E-state index contributed by atoms with van der Waals surface area (Å²) in [7, 11) is 0. The zero-order valence-corrected chi connectivity index (χ0v) is 32.8. The predicted molar refractivity (Wildman–Crippen MR) is 226 cm³/mol. The molecule has 0 bridgehead atoms. The summed E-state index contributed by atoms with van der Waals surface area (Å²) in [4.78, 5) is 9.47. The van der Waals surface area contributed by atoms with E-state index in [1.807, 2.05) is 12.3 Å². The Morgan fingerprint density at radius 1 is 0.537 bits per heavy atom. The van der Waals surface area contributed by atoms with Crippen molar-refractivity contribution in [2.45, 2.75) is 71.6 Å². The van der Waals surface area contributed by atoms with Gasteiger partial charge in [-0.3, -0.25) is 4.57 Å². The summed E-state index contributed by atoms with van der Waals surface area (Å²) in [6, 6.07) is 45.5. The molecular weight excluding hydrogens is 661 g/mol. The van der Waals surface area contributed by atoms with Gasteiger partial charge < -0.3 is 14.5 Å². The number of fused-ring (bicyclic) bond motifs is 3. The van der Waals surface area contributed by atoms with Crippen LogP contribution in [0.4, 0.5) is 11.4 Å². The van der Waals surface area contributed by atoms with E-state index in [1.165, 1.54) is 38.7 Å². The minimum Gasteiger partial charge on any atom is -0.457 e. The summed E-state index contributed by atoms with van der Waals surface area (Å²) >= 11 is 0. The molecule has 0 saturated heterocycles. The fourth-order valence-corrected chi connectivity index (χ4v) is 7.70. The van der Waals surface area contributed by atoms with Gasteiger partial charge in [-0.1, -0.05) is 116 Å². The van der Waals surface area contributed by atoms with Crippen LogP contribution in [0.25, 0.3) is 27.6 Å². The van der Waals surface area contributed by atoms with Crippen molar-refractivity contribution in [1.29, 1.82) is 0 Å². The van der Waals surface area contributed by atoms with Gasteiger partial charge in [0, 0.05) is 58.3 Å². The first kappa shape index (κ1) is 35.2. The van der Waals surface area contributed by atoms with Crippen molar-refractivity contribution < 1.29 is 4.74 Å². The van der Waals surface area contributed by atoms with E-state index in [0.717, 1.165) is 34.0 Å². The van der Waals surface area contributed by atoms with Gasteiger partial charge in [0.15, 0.2) is 0 Å². The van der Waals surface area contributed by atoms with E-state index in [-0.39, 0.29) is 16.2 Å². The number of ether oxygens (including phenoxy) is 1. The molecule has 5 aromatic carbocycles. The Kier molecular flexibility index (Phi) is 8.64. The van der Waals surface area contributed by atoms with Gasteiger partial charge in [0.2, 0.25) is 0 Å². The summed E-state index contributed by atoms with van der Waals surface area (Å²) < 4.78 is 8.96. The molecule has 7 aromatic rings. The topological polar surface area (TPSA) is 33.5 Å². The number of aromatic nitrogens is 2. The van der Waals surface area contributed by atoms with Crippen LogP contribution in [-0.4, -0.2) is 16.2 Å². The van der Waals surface area contributed by atoms with E-state index >= 15 is 0 Å². The monoisotopic (exact) mass is 710 g/mol. The van der Waals surface area contributed by atoms with Crippen molar-refractivity contribution in [2.24, 2.45) is 0 Å². The average Bonchev–Trinajstić information content (AvgIpc) is 3.78. The van der Waals surface area contributed by atoms with Gasteiger partial charge in [-0.2, -0.15) is 0 Å². The van der Waals surface area contributed by atoms with Gasteiger partial charge in [-0.25, -0.2) is 4.98 Å². The van der Waals surface area contributed by atoms with Crippen molar-refractivity contribution >= 4 is 33.2 Å². The summed E-state index contributed by atoms with van der Waals surface area (Å²) in [6.45, 7) is 18.9. The zero-order chi connectivity index (χ0) is 37.8. The Bertz CT molecular complexity index is 2510. The van der Waals surface area contributed by atoms with E-state index in [0.29, 0.717) is 6.67 Å². The van der Waals surface area contributed by atoms with E-state index in [1.54, 1.807) is 0 Å². The summed E-state index contributed by atoms with van der Waals surface area (Å²) in [5, 5.41) is 2.45. The number of nitrogens with zero attached hydrogens (tertiary/aromatic N) is 4. The lowest BCUT2D eigenvalue weighted by molar-refractivity contribution is 0.483. The first-order chi connectivity index (χ1) is 25.8. The van der Waals surface area contributed by atoms with Crippen LogP contribution in [0.15, 0.2) is 146 Å². The van der Waals surface area contributed by atoms with Crippen LogP contribution in [-0.2, 0) is 16.2 Å². The Morgan fingerprint density at radius 2 is 1.20 bits per heavy atom. The van der Waals surface area contributed by atoms with Crippen LogP contribution in [0.1, 0.15) is 77.6 Å². The maximum Gasteiger partial charge on any atom is 0.137 e. The van der Waals surface area contributed by atoms with Crippen LogP contribution in [0.5, 0.6) is 11.5 Å². The maximum absolute atomic E-state index is 6.66. The molecule has 0 unspecified atom stereocenters. The van der Waals surface area contributed by atoms with Gasteiger partial charge in [0.05, 0.1) is 17.7 Å². The predicted octanol–water partition coefficient (Wildman–Crippen LogP) is 12.6. The lowest BCUT2D eigenvalue weighted by Crippen LogP contribution is -2.25. The van der Waals surface area contributed by atoms with Gasteiger partial charge >= 0.3 is 0 Å². The fraction of sp³-hybridized carbons (Fsp3) is 0.245.